The highest BCUT2D eigenvalue weighted by Gasteiger charge is 2.31. The van der Waals surface area contributed by atoms with Crippen LogP contribution in [0.15, 0.2) is 23.5 Å². The van der Waals surface area contributed by atoms with Gasteiger partial charge < -0.3 is 20.9 Å². The Morgan fingerprint density at radius 1 is 1.59 bits per heavy atom. The second-order valence-corrected chi connectivity index (χ2v) is 4.56. The molecule has 1 saturated heterocycles. The fraction of sp³-hybridized carbons (Fsp3) is 0.455. The molecule has 0 aromatic carbocycles. The molecule has 6 heteroatoms. The zero-order valence-corrected chi connectivity index (χ0v) is 9.67. The van der Waals surface area contributed by atoms with Crippen molar-refractivity contribution < 1.29 is 10.3 Å². The molecule has 1 aromatic heterocycles. The molecular formula is C11H16N4O2. The van der Waals surface area contributed by atoms with Crippen LogP contribution in [0.25, 0.3) is 0 Å². The monoisotopic (exact) mass is 236 g/mol. The van der Waals surface area contributed by atoms with Gasteiger partial charge in [0.25, 0.3) is 0 Å². The quantitative estimate of drug-likeness (QED) is 0.294. The summed E-state index contributed by atoms with van der Waals surface area (Å²) in [5, 5.41) is 21.3. The number of nitrogens with zero attached hydrogens (tertiary/aromatic N) is 3. The van der Waals surface area contributed by atoms with Crippen molar-refractivity contribution in [3.63, 3.8) is 0 Å². The van der Waals surface area contributed by atoms with Gasteiger partial charge in [-0.3, -0.25) is 0 Å². The summed E-state index contributed by atoms with van der Waals surface area (Å²) in [5.41, 5.74) is 5.37. The fourth-order valence-electron chi connectivity index (χ4n) is 1.92. The lowest BCUT2D eigenvalue weighted by atomic mass is 10.1. The highest BCUT2D eigenvalue weighted by Crippen LogP contribution is 2.24. The van der Waals surface area contributed by atoms with E-state index >= 15 is 0 Å². The number of aliphatic hydroxyl groups is 1. The molecule has 4 N–H and O–H groups in total. The number of rotatable bonds is 2. The number of amidine groups is 1. The summed E-state index contributed by atoms with van der Waals surface area (Å²) in [6.07, 6.45) is 2.29. The van der Waals surface area contributed by atoms with Gasteiger partial charge in [-0.05, 0) is 25.5 Å². The van der Waals surface area contributed by atoms with Crippen LogP contribution in [0.1, 0.15) is 18.9 Å². The highest BCUT2D eigenvalue weighted by atomic mass is 16.4. The Kier molecular flexibility index (Phi) is 2.89. The molecule has 92 valence electrons. The van der Waals surface area contributed by atoms with Crippen molar-refractivity contribution in [1.29, 1.82) is 0 Å². The molecule has 1 aromatic rings. The summed E-state index contributed by atoms with van der Waals surface area (Å²) in [4.78, 5) is 6.25. The molecule has 6 nitrogen and oxygen atoms in total. The van der Waals surface area contributed by atoms with E-state index in [0.29, 0.717) is 12.1 Å². The SMILES string of the molecule is CC1(O)CCN(c2ccc(/C(N)=N/O)cn2)C1. The maximum atomic E-state index is 9.87. The smallest absolute Gasteiger partial charge is 0.171 e. The van der Waals surface area contributed by atoms with E-state index in [1.54, 1.807) is 18.3 Å². The third kappa shape index (κ3) is 2.47. The summed E-state index contributed by atoms with van der Waals surface area (Å²) in [7, 11) is 0. The molecule has 0 saturated carbocycles. The number of nitrogens with two attached hydrogens (primary N) is 1. The lowest BCUT2D eigenvalue weighted by molar-refractivity contribution is 0.0839. The minimum Gasteiger partial charge on any atom is -0.409 e. The average Bonchev–Trinajstić information content (AvgIpc) is 2.69. The van der Waals surface area contributed by atoms with Gasteiger partial charge in [-0.25, -0.2) is 4.98 Å². The summed E-state index contributed by atoms with van der Waals surface area (Å²) in [6, 6.07) is 3.54. The molecule has 1 fully saturated rings. The average molecular weight is 236 g/mol. The summed E-state index contributed by atoms with van der Waals surface area (Å²) in [6.45, 7) is 3.17. The van der Waals surface area contributed by atoms with Crippen molar-refractivity contribution in [2.24, 2.45) is 10.9 Å². The highest BCUT2D eigenvalue weighted by molar-refractivity contribution is 5.96. The van der Waals surface area contributed by atoms with E-state index in [4.69, 9.17) is 10.9 Å². The Labute approximate surface area is 99.4 Å². The maximum Gasteiger partial charge on any atom is 0.171 e. The number of aromatic nitrogens is 1. The first kappa shape index (κ1) is 11.7. The second-order valence-electron chi connectivity index (χ2n) is 4.56. The van der Waals surface area contributed by atoms with Gasteiger partial charge in [0.15, 0.2) is 5.84 Å². The molecule has 0 amide bonds. The summed E-state index contributed by atoms with van der Waals surface area (Å²) < 4.78 is 0. The number of β-amino-alcohol motifs (C(OH)–C–C–N with tert-alkyl or cyclic N) is 1. The fourth-order valence-corrected chi connectivity index (χ4v) is 1.92. The van der Waals surface area contributed by atoms with Gasteiger partial charge in [-0.15, -0.1) is 0 Å². The lowest BCUT2D eigenvalue weighted by Crippen LogP contribution is -2.30. The van der Waals surface area contributed by atoms with Crippen LogP contribution in [0.5, 0.6) is 0 Å². The van der Waals surface area contributed by atoms with Crippen LogP contribution in [-0.2, 0) is 0 Å². The predicted octanol–water partition coefficient (Wildman–Crippen LogP) is 0.137. The molecule has 0 aliphatic carbocycles. The molecule has 0 spiro atoms. The van der Waals surface area contributed by atoms with Crippen LogP contribution in [-0.4, -0.2) is 39.8 Å². The molecule has 1 unspecified atom stereocenters. The first-order valence-corrected chi connectivity index (χ1v) is 5.43. The van der Waals surface area contributed by atoms with Gasteiger partial charge in [0, 0.05) is 24.8 Å². The summed E-state index contributed by atoms with van der Waals surface area (Å²) >= 11 is 0. The first-order valence-electron chi connectivity index (χ1n) is 5.43. The van der Waals surface area contributed by atoms with Gasteiger partial charge in [0.05, 0.1) is 5.60 Å². The molecule has 0 radical (unpaired) electrons. The predicted molar refractivity (Wildman–Crippen MR) is 64.2 cm³/mol. The third-order valence-electron chi connectivity index (χ3n) is 2.93. The number of hydrogen-bond acceptors (Lipinski definition) is 5. The van der Waals surface area contributed by atoms with Crippen LogP contribution in [0, 0.1) is 0 Å². The van der Waals surface area contributed by atoms with Gasteiger partial charge in [-0.2, -0.15) is 0 Å². The Hall–Kier alpha value is -1.82. The van der Waals surface area contributed by atoms with Crippen LogP contribution >= 0.6 is 0 Å². The topological polar surface area (TPSA) is 95.0 Å². The standard InChI is InChI=1S/C11H16N4O2/c1-11(16)4-5-15(7-11)9-3-2-8(6-13-9)10(12)14-17/h2-3,6,16-17H,4-5,7H2,1H3,(H2,12,14). The van der Waals surface area contributed by atoms with E-state index < -0.39 is 5.60 Å². The first-order chi connectivity index (χ1) is 8.02. The molecule has 1 aliphatic heterocycles. The third-order valence-corrected chi connectivity index (χ3v) is 2.93. The lowest BCUT2D eigenvalue weighted by Gasteiger charge is -2.19. The summed E-state index contributed by atoms with van der Waals surface area (Å²) in [5.74, 6) is 0.828. The molecule has 17 heavy (non-hydrogen) atoms. The zero-order valence-electron chi connectivity index (χ0n) is 9.67. The van der Waals surface area contributed by atoms with Crippen LogP contribution in [0.4, 0.5) is 5.82 Å². The molecule has 1 atom stereocenters. The van der Waals surface area contributed by atoms with Crippen molar-refractivity contribution in [3.8, 4) is 0 Å². The molecule has 0 bridgehead atoms. The number of pyridine rings is 1. The largest absolute Gasteiger partial charge is 0.409 e. The van der Waals surface area contributed by atoms with Gasteiger partial charge in [0.2, 0.25) is 0 Å². The van der Waals surface area contributed by atoms with E-state index in [0.717, 1.165) is 18.8 Å². The Bertz CT molecular complexity index is 428. The van der Waals surface area contributed by atoms with Crippen molar-refractivity contribution in [2.75, 3.05) is 18.0 Å². The van der Waals surface area contributed by atoms with E-state index in [1.165, 1.54) is 0 Å². The minimum atomic E-state index is -0.647. The van der Waals surface area contributed by atoms with Crippen molar-refractivity contribution >= 4 is 11.7 Å². The Morgan fingerprint density at radius 3 is 2.82 bits per heavy atom. The zero-order chi connectivity index (χ0) is 12.5. The van der Waals surface area contributed by atoms with Gasteiger partial charge in [0.1, 0.15) is 5.82 Å². The molecule has 2 rings (SSSR count). The Balaban J connectivity index is 2.14. The van der Waals surface area contributed by atoms with Crippen LogP contribution < -0.4 is 10.6 Å². The van der Waals surface area contributed by atoms with E-state index in [1.807, 2.05) is 11.8 Å². The number of oxime groups is 1. The van der Waals surface area contributed by atoms with E-state index in [2.05, 4.69) is 10.1 Å². The normalized spacial score (nSPS) is 25.3. The molecular weight excluding hydrogens is 220 g/mol. The van der Waals surface area contributed by atoms with E-state index in [9.17, 15) is 5.11 Å². The van der Waals surface area contributed by atoms with E-state index in [-0.39, 0.29) is 5.84 Å². The van der Waals surface area contributed by atoms with Gasteiger partial charge in [-0.1, -0.05) is 5.16 Å². The van der Waals surface area contributed by atoms with Crippen molar-refractivity contribution in [3.05, 3.63) is 23.9 Å². The number of anilines is 1. The number of hydrogen-bond donors (Lipinski definition) is 3. The minimum absolute atomic E-state index is 0.0393. The molecule has 1 aliphatic rings. The van der Waals surface area contributed by atoms with Crippen molar-refractivity contribution in [2.45, 2.75) is 18.9 Å². The van der Waals surface area contributed by atoms with Crippen LogP contribution in [0.2, 0.25) is 0 Å². The second kappa shape index (κ2) is 4.21. The van der Waals surface area contributed by atoms with Crippen LogP contribution in [0.3, 0.4) is 0 Å². The van der Waals surface area contributed by atoms with Gasteiger partial charge >= 0.3 is 0 Å². The maximum absolute atomic E-state index is 9.87. The van der Waals surface area contributed by atoms with Crippen molar-refractivity contribution in [1.82, 2.24) is 4.98 Å². The molecule has 2 heterocycles. The Morgan fingerprint density at radius 2 is 2.35 bits per heavy atom.